The van der Waals surface area contributed by atoms with Crippen molar-refractivity contribution < 1.29 is 4.74 Å². The smallest absolute Gasteiger partial charge is 0.0494 e. The Morgan fingerprint density at radius 2 is 1.55 bits per heavy atom. The standard InChI is InChI=1S/C10H22O/c1-4-7-10(8-5-2)9-11-6-3/h10H,4-9H2,1-3H3. The molecule has 1 heteroatoms. The molecule has 0 aliphatic heterocycles. The van der Waals surface area contributed by atoms with Gasteiger partial charge in [-0.1, -0.05) is 26.7 Å². The molecule has 0 spiro atoms. The van der Waals surface area contributed by atoms with Crippen molar-refractivity contribution in [1.82, 2.24) is 0 Å². The molecule has 0 rings (SSSR count). The first-order valence-corrected chi connectivity index (χ1v) is 4.92. The second kappa shape index (κ2) is 8.06. The summed E-state index contributed by atoms with van der Waals surface area (Å²) in [5, 5.41) is 0. The van der Waals surface area contributed by atoms with Crippen LogP contribution in [-0.4, -0.2) is 13.2 Å². The van der Waals surface area contributed by atoms with Gasteiger partial charge in [-0.3, -0.25) is 0 Å². The second-order valence-electron chi connectivity index (χ2n) is 3.10. The molecule has 11 heavy (non-hydrogen) atoms. The van der Waals surface area contributed by atoms with Crippen molar-refractivity contribution in [2.24, 2.45) is 5.92 Å². The Hall–Kier alpha value is -0.0400. The third-order valence-corrected chi connectivity index (χ3v) is 1.95. The van der Waals surface area contributed by atoms with Crippen molar-refractivity contribution in [3.8, 4) is 0 Å². The van der Waals surface area contributed by atoms with Gasteiger partial charge in [-0.25, -0.2) is 0 Å². The van der Waals surface area contributed by atoms with E-state index < -0.39 is 0 Å². The SMILES string of the molecule is CCCC(CCC)COCC. The molecule has 0 fully saturated rings. The maximum absolute atomic E-state index is 5.40. The van der Waals surface area contributed by atoms with E-state index in [1.807, 2.05) is 0 Å². The van der Waals surface area contributed by atoms with E-state index in [-0.39, 0.29) is 0 Å². The summed E-state index contributed by atoms with van der Waals surface area (Å²) in [5.41, 5.74) is 0. The molecule has 0 radical (unpaired) electrons. The average molecular weight is 158 g/mol. The molecule has 0 aromatic rings. The lowest BCUT2D eigenvalue weighted by molar-refractivity contribution is 0.103. The highest BCUT2D eigenvalue weighted by atomic mass is 16.5. The summed E-state index contributed by atoms with van der Waals surface area (Å²) >= 11 is 0. The Kier molecular flexibility index (Phi) is 8.03. The minimum atomic E-state index is 0.810. The second-order valence-corrected chi connectivity index (χ2v) is 3.10. The van der Waals surface area contributed by atoms with Crippen molar-refractivity contribution in [1.29, 1.82) is 0 Å². The van der Waals surface area contributed by atoms with E-state index in [0.717, 1.165) is 19.1 Å². The van der Waals surface area contributed by atoms with Gasteiger partial charge in [0.15, 0.2) is 0 Å². The van der Waals surface area contributed by atoms with Gasteiger partial charge in [0.1, 0.15) is 0 Å². The van der Waals surface area contributed by atoms with Crippen molar-refractivity contribution in [2.75, 3.05) is 13.2 Å². The van der Waals surface area contributed by atoms with Gasteiger partial charge in [-0.15, -0.1) is 0 Å². The highest BCUT2D eigenvalue weighted by molar-refractivity contribution is 4.56. The fourth-order valence-corrected chi connectivity index (χ4v) is 1.41. The Balaban J connectivity index is 3.34. The van der Waals surface area contributed by atoms with E-state index in [9.17, 15) is 0 Å². The van der Waals surface area contributed by atoms with Crippen LogP contribution in [0.25, 0.3) is 0 Å². The summed E-state index contributed by atoms with van der Waals surface area (Å²) in [6.45, 7) is 8.39. The maximum atomic E-state index is 5.40. The molecule has 0 saturated heterocycles. The molecular weight excluding hydrogens is 136 g/mol. The number of rotatable bonds is 7. The maximum Gasteiger partial charge on any atom is 0.0494 e. The molecule has 0 N–H and O–H groups in total. The van der Waals surface area contributed by atoms with Gasteiger partial charge >= 0.3 is 0 Å². The van der Waals surface area contributed by atoms with E-state index in [2.05, 4.69) is 20.8 Å². The number of ether oxygens (including phenoxy) is 1. The predicted molar refractivity (Wildman–Crippen MR) is 49.8 cm³/mol. The first-order valence-electron chi connectivity index (χ1n) is 4.92. The van der Waals surface area contributed by atoms with Crippen LogP contribution < -0.4 is 0 Å². The summed E-state index contributed by atoms with van der Waals surface area (Å²) < 4.78 is 5.40. The molecule has 0 aliphatic rings. The molecule has 0 aromatic carbocycles. The van der Waals surface area contributed by atoms with Crippen LogP contribution in [0.5, 0.6) is 0 Å². The van der Waals surface area contributed by atoms with Crippen LogP contribution in [0.4, 0.5) is 0 Å². The molecule has 0 atom stereocenters. The average Bonchev–Trinajstić information content (AvgIpc) is 2.01. The van der Waals surface area contributed by atoms with E-state index in [1.165, 1.54) is 25.7 Å². The zero-order valence-electron chi connectivity index (χ0n) is 8.23. The summed E-state index contributed by atoms with van der Waals surface area (Å²) in [6, 6.07) is 0. The lowest BCUT2D eigenvalue weighted by Crippen LogP contribution is -2.09. The van der Waals surface area contributed by atoms with Gasteiger partial charge < -0.3 is 4.74 Å². The molecule has 0 bridgehead atoms. The van der Waals surface area contributed by atoms with Crippen LogP contribution in [0, 0.1) is 5.92 Å². The predicted octanol–water partition coefficient (Wildman–Crippen LogP) is 3.24. The Morgan fingerprint density at radius 3 is 1.91 bits per heavy atom. The molecule has 1 nitrogen and oxygen atoms in total. The zero-order valence-corrected chi connectivity index (χ0v) is 8.23. The first-order chi connectivity index (χ1) is 5.35. The third-order valence-electron chi connectivity index (χ3n) is 1.95. The molecule has 0 saturated carbocycles. The molecule has 0 amide bonds. The Bertz CT molecular complexity index is 65.3. The highest BCUT2D eigenvalue weighted by Gasteiger charge is 2.05. The summed E-state index contributed by atoms with van der Waals surface area (Å²) in [5.74, 6) is 0.810. The van der Waals surface area contributed by atoms with Gasteiger partial charge in [-0.05, 0) is 25.7 Å². The normalized spacial score (nSPS) is 10.9. The summed E-state index contributed by atoms with van der Waals surface area (Å²) in [4.78, 5) is 0. The molecular formula is C10H22O. The topological polar surface area (TPSA) is 9.23 Å². The van der Waals surface area contributed by atoms with Crippen molar-refractivity contribution in [3.05, 3.63) is 0 Å². The lowest BCUT2D eigenvalue weighted by Gasteiger charge is -2.14. The van der Waals surface area contributed by atoms with Crippen molar-refractivity contribution in [2.45, 2.75) is 46.5 Å². The van der Waals surface area contributed by atoms with Gasteiger partial charge in [0, 0.05) is 13.2 Å². The Labute approximate surface area is 71.1 Å². The van der Waals surface area contributed by atoms with Crippen molar-refractivity contribution in [3.63, 3.8) is 0 Å². The first kappa shape index (κ1) is 11.0. The van der Waals surface area contributed by atoms with Crippen LogP contribution in [0.2, 0.25) is 0 Å². The zero-order chi connectivity index (χ0) is 8.53. The van der Waals surface area contributed by atoms with E-state index in [0.29, 0.717) is 0 Å². The molecule has 0 heterocycles. The number of hydrogen-bond acceptors (Lipinski definition) is 1. The highest BCUT2D eigenvalue weighted by Crippen LogP contribution is 2.13. The molecule has 0 aliphatic carbocycles. The minimum absolute atomic E-state index is 0.810. The van der Waals surface area contributed by atoms with Gasteiger partial charge in [0.05, 0.1) is 0 Å². The summed E-state index contributed by atoms with van der Waals surface area (Å²) in [6.07, 6.45) is 5.23. The van der Waals surface area contributed by atoms with Gasteiger partial charge in [0.2, 0.25) is 0 Å². The van der Waals surface area contributed by atoms with Crippen LogP contribution in [-0.2, 0) is 4.74 Å². The van der Waals surface area contributed by atoms with Crippen LogP contribution in [0.15, 0.2) is 0 Å². The summed E-state index contributed by atoms with van der Waals surface area (Å²) in [7, 11) is 0. The van der Waals surface area contributed by atoms with Crippen LogP contribution in [0.1, 0.15) is 46.5 Å². The largest absolute Gasteiger partial charge is 0.381 e. The molecule has 0 unspecified atom stereocenters. The number of hydrogen-bond donors (Lipinski definition) is 0. The minimum Gasteiger partial charge on any atom is -0.381 e. The fourth-order valence-electron chi connectivity index (χ4n) is 1.41. The van der Waals surface area contributed by atoms with Crippen LogP contribution >= 0.6 is 0 Å². The Morgan fingerprint density at radius 1 is 1.00 bits per heavy atom. The van der Waals surface area contributed by atoms with Gasteiger partial charge in [0.25, 0.3) is 0 Å². The molecule has 68 valence electrons. The van der Waals surface area contributed by atoms with Gasteiger partial charge in [-0.2, -0.15) is 0 Å². The lowest BCUT2D eigenvalue weighted by atomic mass is 9.99. The van der Waals surface area contributed by atoms with E-state index in [4.69, 9.17) is 4.74 Å². The monoisotopic (exact) mass is 158 g/mol. The van der Waals surface area contributed by atoms with Crippen LogP contribution in [0.3, 0.4) is 0 Å². The quantitative estimate of drug-likeness (QED) is 0.552. The molecule has 0 aromatic heterocycles. The third kappa shape index (κ3) is 6.36. The van der Waals surface area contributed by atoms with Crippen molar-refractivity contribution >= 4 is 0 Å². The fraction of sp³-hybridized carbons (Fsp3) is 1.00. The van der Waals surface area contributed by atoms with E-state index in [1.54, 1.807) is 0 Å². The van der Waals surface area contributed by atoms with E-state index >= 15 is 0 Å².